The molecular formula is C47H36Cl2F8N2O9. The van der Waals surface area contributed by atoms with Gasteiger partial charge in [-0.15, -0.1) is 0 Å². The molecule has 0 saturated heterocycles. The molecule has 2 aromatic heterocycles. The summed E-state index contributed by atoms with van der Waals surface area (Å²) in [5.41, 5.74) is -12.3. The van der Waals surface area contributed by atoms with E-state index in [-0.39, 0.29) is 38.4 Å². The quantitative estimate of drug-likeness (QED) is 0.0886. The maximum Gasteiger partial charge on any atom is 0.433 e. The predicted octanol–water partition coefficient (Wildman–Crippen LogP) is 11.0. The molecule has 1 N–H and O–H groups in total. The molecule has 21 heteroatoms. The first-order valence-corrected chi connectivity index (χ1v) is 20.5. The Hall–Kier alpha value is -6.70. The molecule has 0 aliphatic rings. The molecule has 0 aliphatic carbocycles. The van der Waals surface area contributed by atoms with Gasteiger partial charge >= 0.3 is 24.3 Å². The number of methoxy groups -OCH3 is 1. The van der Waals surface area contributed by atoms with Crippen molar-refractivity contribution in [2.45, 2.75) is 49.2 Å². The summed E-state index contributed by atoms with van der Waals surface area (Å²) in [5, 5.41) is 10.7. The number of esters is 2. The zero-order chi connectivity index (χ0) is 50.3. The molecule has 0 fully saturated rings. The lowest BCUT2D eigenvalue weighted by molar-refractivity contribution is -0.274. The van der Waals surface area contributed by atoms with Crippen molar-refractivity contribution in [3.05, 3.63) is 185 Å². The molecule has 68 heavy (non-hydrogen) atoms. The summed E-state index contributed by atoms with van der Waals surface area (Å²) in [6.45, 7) is 2.02. The van der Waals surface area contributed by atoms with Crippen LogP contribution in [0.4, 0.5) is 35.1 Å². The number of aromatic nitrogens is 2. The van der Waals surface area contributed by atoms with Crippen molar-refractivity contribution in [3.63, 3.8) is 0 Å². The van der Waals surface area contributed by atoms with Gasteiger partial charge in [-0.3, -0.25) is 9.59 Å². The van der Waals surface area contributed by atoms with Crippen LogP contribution in [0, 0.1) is 11.6 Å². The topological polar surface area (TPSA) is 135 Å². The third-order valence-electron chi connectivity index (χ3n) is 11.2. The molecule has 4 aromatic carbocycles. The molecular weight excluding hydrogens is 959 g/mol. The number of carbonyl (C=O) groups is 2. The van der Waals surface area contributed by atoms with Crippen LogP contribution in [0.5, 0.6) is 23.0 Å². The van der Waals surface area contributed by atoms with E-state index in [0.717, 1.165) is 122 Å². The van der Waals surface area contributed by atoms with Gasteiger partial charge in [-0.25, -0.2) is 18.4 Å². The number of aliphatic hydroxyl groups is 1. The second-order valence-corrected chi connectivity index (χ2v) is 16.2. The van der Waals surface area contributed by atoms with Crippen LogP contribution < -0.4 is 20.6 Å². The van der Waals surface area contributed by atoms with Crippen LogP contribution in [0.2, 0.25) is 10.0 Å². The average molecular weight is 996 g/mol. The van der Waals surface area contributed by atoms with E-state index in [0.29, 0.717) is 6.07 Å². The number of rotatable bonds is 13. The highest BCUT2D eigenvalue weighted by Gasteiger charge is 2.64. The Morgan fingerprint density at radius 3 is 1.43 bits per heavy atom. The van der Waals surface area contributed by atoms with Crippen molar-refractivity contribution in [2.75, 3.05) is 7.11 Å². The molecule has 0 radical (unpaired) electrons. The molecule has 6 aromatic rings. The molecule has 2 heterocycles. The summed E-state index contributed by atoms with van der Waals surface area (Å²) >= 11 is 12.8. The van der Waals surface area contributed by atoms with Crippen LogP contribution in [0.3, 0.4) is 0 Å². The molecule has 6 rings (SSSR count). The smallest absolute Gasteiger partial charge is 0.433 e. The summed E-state index contributed by atoms with van der Waals surface area (Å²) in [6, 6.07) is 15.4. The Kier molecular flexibility index (Phi) is 14.3. The van der Waals surface area contributed by atoms with Gasteiger partial charge in [0.2, 0.25) is 16.7 Å². The molecule has 4 unspecified atom stereocenters. The average Bonchev–Trinajstić information content (AvgIpc) is 3.27. The fraction of sp³-hybridized carbons (Fsp3) is 0.234. The van der Waals surface area contributed by atoms with Gasteiger partial charge in [0.25, 0.3) is 0 Å². The van der Waals surface area contributed by atoms with Crippen LogP contribution in [-0.4, -0.2) is 45.6 Å². The molecule has 0 amide bonds. The highest BCUT2D eigenvalue weighted by Crippen LogP contribution is 2.54. The minimum atomic E-state index is -5.55. The van der Waals surface area contributed by atoms with Crippen LogP contribution in [-0.2, 0) is 34.8 Å². The van der Waals surface area contributed by atoms with E-state index in [9.17, 15) is 41.8 Å². The molecule has 358 valence electrons. The minimum Gasteiger partial charge on any atom is -0.465 e. The van der Waals surface area contributed by atoms with Gasteiger partial charge in [0.1, 0.15) is 34.6 Å². The van der Waals surface area contributed by atoms with E-state index < -0.39 is 98.1 Å². The number of pyridine rings is 2. The normalized spacial score (nSPS) is 14.5. The van der Waals surface area contributed by atoms with Crippen molar-refractivity contribution in [2.24, 2.45) is 14.1 Å². The highest BCUT2D eigenvalue weighted by atomic mass is 35.5. The Morgan fingerprint density at radius 2 is 1.00 bits per heavy atom. The Labute approximate surface area is 390 Å². The van der Waals surface area contributed by atoms with Gasteiger partial charge in [-0.2, -0.15) is 26.3 Å². The first kappa shape index (κ1) is 50.7. The Bertz CT molecular complexity index is 3050. The van der Waals surface area contributed by atoms with Gasteiger partial charge in [-0.05, 0) is 83.9 Å². The zero-order valence-electron chi connectivity index (χ0n) is 35.9. The van der Waals surface area contributed by atoms with Crippen molar-refractivity contribution in [3.8, 4) is 23.0 Å². The zero-order valence-corrected chi connectivity index (χ0v) is 37.4. The second-order valence-electron chi connectivity index (χ2n) is 15.4. The van der Waals surface area contributed by atoms with E-state index in [1.54, 1.807) is 0 Å². The van der Waals surface area contributed by atoms with Crippen molar-refractivity contribution >= 4 is 35.1 Å². The summed E-state index contributed by atoms with van der Waals surface area (Å²) in [4.78, 5) is 50.1. The standard InChI is InChI=1S/C47H36Cl2F8N2O9/c1-24(44(64,46(52,53)54)26-6-16-40(60)58(3)22-26)34-18-28(10-14-36(34)48)66-31-9-13-33(39(51)21-31)43(63)68-45(47(55,56)57,27-7-17-41(61)59(4)23-27)25(2)35-19-29(11-15-37(35)49)67-30-8-12-32(38(50)20-30)42(62)65-5/h6-25,64H,1-5H3. The van der Waals surface area contributed by atoms with E-state index in [1.165, 1.54) is 25.2 Å². The van der Waals surface area contributed by atoms with Crippen LogP contribution >= 0.6 is 23.2 Å². The molecule has 0 saturated carbocycles. The fourth-order valence-corrected chi connectivity index (χ4v) is 8.03. The number of benzene rings is 4. The van der Waals surface area contributed by atoms with Gasteiger partial charge < -0.3 is 33.2 Å². The van der Waals surface area contributed by atoms with E-state index in [4.69, 9.17) is 37.4 Å². The third-order valence-corrected chi connectivity index (χ3v) is 11.9. The molecule has 4 atom stereocenters. The van der Waals surface area contributed by atoms with E-state index in [1.807, 2.05) is 0 Å². The summed E-state index contributed by atoms with van der Waals surface area (Å²) in [5.74, 6) is -10.3. The second kappa shape index (κ2) is 19.1. The molecule has 0 spiro atoms. The van der Waals surface area contributed by atoms with Crippen LogP contribution in [0.25, 0.3) is 0 Å². The number of ether oxygens (including phenoxy) is 4. The van der Waals surface area contributed by atoms with E-state index >= 15 is 17.6 Å². The third kappa shape index (κ3) is 9.68. The maximum absolute atomic E-state index is 16.0. The molecule has 0 bridgehead atoms. The number of hydrogen-bond acceptors (Lipinski definition) is 9. The number of aryl methyl sites for hydroxylation is 2. The first-order valence-electron chi connectivity index (χ1n) is 19.8. The highest BCUT2D eigenvalue weighted by molar-refractivity contribution is 6.31. The Balaban J connectivity index is 1.35. The SMILES string of the molecule is COC(=O)c1ccc(Oc2ccc(Cl)c(C(C)C(OC(=O)c3ccc(Oc4ccc(Cl)c(C(C)C(O)(c5ccc(=O)n(C)c5)C(F)(F)F)c4)cc3F)(c3ccc(=O)n(C)c3)C(F)(F)F)c2)cc1F. The van der Waals surface area contributed by atoms with Gasteiger partial charge in [0.05, 0.1) is 18.2 Å². The summed E-state index contributed by atoms with van der Waals surface area (Å²) < 4.78 is 145. The molecule has 11 nitrogen and oxygen atoms in total. The minimum absolute atomic E-state index is 0.187. The van der Waals surface area contributed by atoms with Crippen molar-refractivity contribution in [1.29, 1.82) is 0 Å². The van der Waals surface area contributed by atoms with Crippen LogP contribution in [0.15, 0.2) is 119 Å². The van der Waals surface area contributed by atoms with Gasteiger partial charge in [0.15, 0.2) is 5.60 Å². The largest absolute Gasteiger partial charge is 0.465 e. The number of carbonyl (C=O) groups excluding carboxylic acids is 2. The van der Waals surface area contributed by atoms with Crippen molar-refractivity contribution in [1.82, 2.24) is 9.13 Å². The number of nitrogens with zero attached hydrogens (tertiary/aromatic N) is 2. The fourth-order valence-electron chi connectivity index (χ4n) is 7.47. The monoisotopic (exact) mass is 994 g/mol. The lowest BCUT2D eigenvalue weighted by Crippen LogP contribution is -2.50. The first-order chi connectivity index (χ1) is 31.7. The molecule has 0 aliphatic heterocycles. The summed E-state index contributed by atoms with van der Waals surface area (Å²) in [7, 11) is 3.37. The lowest BCUT2D eigenvalue weighted by Gasteiger charge is -2.40. The van der Waals surface area contributed by atoms with E-state index in [2.05, 4.69) is 4.74 Å². The number of halogens is 10. The summed E-state index contributed by atoms with van der Waals surface area (Å²) in [6.07, 6.45) is -9.27. The predicted molar refractivity (Wildman–Crippen MR) is 230 cm³/mol. The lowest BCUT2D eigenvalue weighted by atomic mass is 9.77. The van der Waals surface area contributed by atoms with Gasteiger partial charge in [0, 0.05) is 83.8 Å². The number of hydrogen-bond donors (Lipinski definition) is 1. The Morgan fingerprint density at radius 1 is 0.588 bits per heavy atom. The van der Waals surface area contributed by atoms with Gasteiger partial charge in [-0.1, -0.05) is 37.0 Å². The number of alkyl halides is 6. The van der Waals surface area contributed by atoms with Crippen molar-refractivity contribution < 1.29 is 68.8 Å². The van der Waals surface area contributed by atoms with Crippen LogP contribution in [0.1, 0.15) is 68.7 Å². The maximum atomic E-state index is 16.0.